The number of fused-ring (bicyclic) bond motifs is 1. The van der Waals surface area contributed by atoms with E-state index in [2.05, 4.69) is 4.98 Å². The summed E-state index contributed by atoms with van der Waals surface area (Å²) in [6.07, 6.45) is 1.36. The maximum Gasteiger partial charge on any atom is 0.269 e. The minimum atomic E-state index is -0.475. The molecule has 8 heteroatoms. The molecule has 7 nitrogen and oxygen atoms in total. The highest BCUT2D eigenvalue weighted by Gasteiger charge is 2.14. The van der Waals surface area contributed by atoms with E-state index >= 15 is 0 Å². The van der Waals surface area contributed by atoms with Gasteiger partial charge in [0.2, 0.25) is 0 Å². The summed E-state index contributed by atoms with van der Waals surface area (Å²) < 4.78 is 1.27. The Labute approximate surface area is 134 Å². The van der Waals surface area contributed by atoms with Crippen molar-refractivity contribution in [1.29, 1.82) is 0 Å². The predicted octanol–water partition coefficient (Wildman–Crippen LogP) is 2.62. The first-order valence-electron chi connectivity index (χ1n) is 6.68. The van der Waals surface area contributed by atoms with Crippen LogP contribution in [-0.2, 0) is 11.3 Å². The minimum absolute atomic E-state index is 0.0135. The normalized spacial score (nSPS) is 10.8. The molecule has 0 amide bonds. The van der Waals surface area contributed by atoms with Crippen molar-refractivity contribution in [2.24, 2.45) is 0 Å². The number of ketones is 1. The number of Topliss-reactive ketones (excluding diaryl/α,β-unsaturated/α-hetero) is 1. The van der Waals surface area contributed by atoms with Crippen LogP contribution >= 0.6 is 11.3 Å². The Balaban J connectivity index is 2.16. The molecule has 116 valence electrons. The Morgan fingerprint density at radius 2 is 2.04 bits per heavy atom. The standard InChI is InChI=1S/C15H11N3O4S/c1-9(19)6-17-8-16-14-13(15(17)20)12(7-23-14)10-2-4-11(5-3-10)18(21)22/h2-5,7-8H,6H2,1H3. The molecule has 0 aliphatic heterocycles. The molecule has 0 fully saturated rings. The number of non-ortho nitro benzene ring substituents is 1. The van der Waals surface area contributed by atoms with Gasteiger partial charge in [-0.1, -0.05) is 0 Å². The van der Waals surface area contributed by atoms with Gasteiger partial charge in [-0.05, 0) is 24.6 Å². The van der Waals surface area contributed by atoms with Gasteiger partial charge in [0, 0.05) is 23.1 Å². The molecule has 0 aliphatic carbocycles. The third-order valence-corrected chi connectivity index (χ3v) is 4.23. The Hall–Kier alpha value is -2.87. The highest BCUT2D eigenvalue weighted by molar-refractivity contribution is 7.17. The van der Waals surface area contributed by atoms with E-state index in [1.54, 1.807) is 17.5 Å². The summed E-state index contributed by atoms with van der Waals surface area (Å²) >= 11 is 1.32. The number of carbonyl (C=O) groups is 1. The number of hydrogen-bond donors (Lipinski definition) is 0. The first-order valence-corrected chi connectivity index (χ1v) is 7.56. The van der Waals surface area contributed by atoms with Crippen LogP contribution in [0.1, 0.15) is 6.92 Å². The number of nitro groups is 1. The van der Waals surface area contributed by atoms with Gasteiger partial charge in [-0.25, -0.2) is 4.98 Å². The lowest BCUT2D eigenvalue weighted by molar-refractivity contribution is -0.384. The van der Waals surface area contributed by atoms with E-state index in [1.165, 1.54) is 41.3 Å². The Bertz CT molecular complexity index is 973. The molecule has 23 heavy (non-hydrogen) atoms. The van der Waals surface area contributed by atoms with E-state index in [0.29, 0.717) is 21.3 Å². The topological polar surface area (TPSA) is 95.1 Å². The van der Waals surface area contributed by atoms with Gasteiger partial charge in [-0.2, -0.15) is 0 Å². The first-order chi connectivity index (χ1) is 11.0. The van der Waals surface area contributed by atoms with Crippen molar-refractivity contribution < 1.29 is 9.72 Å². The molecular weight excluding hydrogens is 318 g/mol. The Kier molecular flexibility index (Phi) is 3.75. The number of nitro benzene ring substituents is 1. The molecule has 0 bridgehead atoms. The van der Waals surface area contributed by atoms with Crippen molar-refractivity contribution in [2.45, 2.75) is 13.5 Å². The number of aromatic nitrogens is 2. The lowest BCUT2D eigenvalue weighted by Crippen LogP contribution is -2.23. The summed E-state index contributed by atoms with van der Waals surface area (Å²) in [6, 6.07) is 5.98. The largest absolute Gasteiger partial charge is 0.298 e. The van der Waals surface area contributed by atoms with Gasteiger partial charge in [0.1, 0.15) is 10.6 Å². The molecule has 0 unspecified atom stereocenters. The Morgan fingerprint density at radius 1 is 1.35 bits per heavy atom. The van der Waals surface area contributed by atoms with E-state index < -0.39 is 4.92 Å². The average molecular weight is 329 g/mol. The van der Waals surface area contributed by atoms with Crippen LogP contribution in [0.4, 0.5) is 5.69 Å². The summed E-state index contributed by atoms with van der Waals surface area (Å²) in [5.74, 6) is -0.139. The quantitative estimate of drug-likeness (QED) is 0.541. The molecule has 0 aliphatic rings. The lowest BCUT2D eigenvalue weighted by atomic mass is 10.1. The predicted molar refractivity (Wildman–Crippen MR) is 86.7 cm³/mol. The number of nitrogens with zero attached hydrogens (tertiary/aromatic N) is 3. The highest BCUT2D eigenvalue weighted by atomic mass is 32.1. The molecule has 0 saturated heterocycles. The van der Waals surface area contributed by atoms with Gasteiger partial charge in [0.25, 0.3) is 11.2 Å². The van der Waals surface area contributed by atoms with Crippen LogP contribution in [0, 0.1) is 10.1 Å². The number of hydrogen-bond acceptors (Lipinski definition) is 6. The van der Waals surface area contributed by atoms with E-state index in [1.807, 2.05) is 0 Å². The zero-order valence-electron chi connectivity index (χ0n) is 12.1. The van der Waals surface area contributed by atoms with Crippen molar-refractivity contribution in [1.82, 2.24) is 9.55 Å². The molecule has 0 radical (unpaired) electrons. The number of carbonyl (C=O) groups excluding carboxylic acids is 1. The molecule has 2 aromatic heterocycles. The molecule has 0 spiro atoms. The second-order valence-corrected chi connectivity index (χ2v) is 5.87. The molecule has 3 aromatic rings. The van der Waals surface area contributed by atoms with Crippen molar-refractivity contribution in [3.63, 3.8) is 0 Å². The maximum absolute atomic E-state index is 12.6. The van der Waals surface area contributed by atoms with Crippen LogP contribution in [0.2, 0.25) is 0 Å². The SMILES string of the molecule is CC(=O)Cn1cnc2scc(-c3ccc([N+](=O)[O-])cc3)c2c1=O. The smallest absolute Gasteiger partial charge is 0.269 e. The molecule has 0 N–H and O–H groups in total. The zero-order chi connectivity index (χ0) is 16.6. The molecule has 1 aromatic carbocycles. The summed E-state index contributed by atoms with van der Waals surface area (Å²) in [4.78, 5) is 38.8. The first kappa shape index (κ1) is 15.0. The monoisotopic (exact) mass is 329 g/mol. The fourth-order valence-corrected chi connectivity index (χ4v) is 3.20. The fraction of sp³-hybridized carbons (Fsp3) is 0.133. The average Bonchev–Trinajstić information content (AvgIpc) is 2.94. The molecule has 0 atom stereocenters. The van der Waals surface area contributed by atoms with Crippen molar-refractivity contribution >= 4 is 33.0 Å². The maximum atomic E-state index is 12.6. The van der Waals surface area contributed by atoms with Gasteiger partial charge >= 0.3 is 0 Å². The third-order valence-electron chi connectivity index (χ3n) is 3.34. The minimum Gasteiger partial charge on any atom is -0.298 e. The molecule has 2 heterocycles. The molecule has 0 saturated carbocycles. The van der Waals surface area contributed by atoms with Crippen LogP contribution in [-0.4, -0.2) is 20.3 Å². The van der Waals surface area contributed by atoms with Crippen LogP contribution in [0.3, 0.4) is 0 Å². The van der Waals surface area contributed by atoms with Gasteiger partial charge < -0.3 is 0 Å². The molecule has 3 rings (SSSR count). The highest BCUT2D eigenvalue weighted by Crippen LogP contribution is 2.31. The number of rotatable bonds is 4. The van der Waals surface area contributed by atoms with E-state index in [-0.39, 0.29) is 23.6 Å². The summed E-state index contributed by atoms with van der Waals surface area (Å²) in [6.45, 7) is 1.37. The van der Waals surface area contributed by atoms with Crippen LogP contribution in [0.5, 0.6) is 0 Å². The van der Waals surface area contributed by atoms with Crippen LogP contribution < -0.4 is 5.56 Å². The lowest BCUT2D eigenvalue weighted by Gasteiger charge is -2.04. The van der Waals surface area contributed by atoms with Crippen molar-refractivity contribution in [2.75, 3.05) is 0 Å². The van der Waals surface area contributed by atoms with E-state index in [4.69, 9.17) is 0 Å². The zero-order valence-corrected chi connectivity index (χ0v) is 12.9. The van der Waals surface area contributed by atoms with Gasteiger partial charge in [-0.3, -0.25) is 24.3 Å². The van der Waals surface area contributed by atoms with Crippen molar-refractivity contribution in [3.8, 4) is 11.1 Å². The molecular formula is C15H11N3O4S. The van der Waals surface area contributed by atoms with Gasteiger partial charge in [0.05, 0.1) is 23.2 Å². The van der Waals surface area contributed by atoms with E-state index in [9.17, 15) is 19.7 Å². The second kappa shape index (κ2) is 5.73. The number of benzene rings is 1. The summed E-state index contributed by atoms with van der Waals surface area (Å²) in [7, 11) is 0. The van der Waals surface area contributed by atoms with Crippen LogP contribution in [0.25, 0.3) is 21.3 Å². The summed E-state index contributed by atoms with van der Waals surface area (Å²) in [5.41, 5.74) is 1.05. The van der Waals surface area contributed by atoms with E-state index in [0.717, 1.165) is 0 Å². The second-order valence-electron chi connectivity index (χ2n) is 5.01. The third kappa shape index (κ3) is 2.76. The van der Waals surface area contributed by atoms with Crippen molar-refractivity contribution in [3.05, 3.63) is 56.4 Å². The van der Waals surface area contributed by atoms with Gasteiger partial charge in [0.15, 0.2) is 0 Å². The summed E-state index contributed by atoms with van der Waals surface area (Å²) in [5, 5.41) is 12.9. The Morgan fingerprint density at radius 3 is 2.65 bits per heavy atom. The fourth-order valence-electron chi connectivity index (χ4n) is 2.30. The number of thiophene rings is 1. The van der Waals surface area contributed by atoms with Crippen LogP contribution in [0.15, 0.2) is 40.8 Å². The van der Waals surface area contributed by atoms with Gasteiger partial charge in [-0.15, -0.1) is 11.3 Å².